The Labute approximate surface area is 152 Å². The monoisotopic (exact) mass is 531 g/mol. The normalized spacial score (nSPS) is 12.5. The Hall–Kier alpha value is 0.310. The first kappa shape index (κ1) is 16.7. The van der Waals surface area contributed by atoms with Crippen LogP contribution < -0.4 is 5.32 Å². The minimum absolute atomic E-state index is 0.259. The second-order valence-electron chi connectivity index (χ2n) is 4.18. The van der Waals surface area contributed by atoms with E-state index in [-0.39, 0.29) is 11.9 Å². The maximum absolute atomic E-state index is 14.2. The summed E-state index contributed by atoms with van der Waals surface area (Å²) in [6.45, 7) is 0. The molecule has 2 aromatic rings. The van der Waals surface area contributed by atoms with E-state index in [1.54, 1.807) is 13.1 Å². The van der Waals surface area contributed by atoms with Gasteiger partial charge in [-0.05, 0) is 81.5 Å². The van der Waals surface area contributed by atoms with Gasteiger partial charge < -0.3 is 5.32 Å². The highest BCUT2D eigenvalue weighted by atomic mass is 127. The Morgan fingerprint density at radius 3 is 2.55 bits per heavy atom. The number of hydrogen-bond acceptors (Lipinski definition) is 1. The van der Waals surface area contributed by atoms with Crippen LogP contribution in [0.15, 0.2) is 39.3 Å². The molecule has 0 saturated carbocycles. The first-order valence-corrected chi connectivity index (χ1v) is 8.75. The second kappa shape index (κ2) is 7.05. The molecule has 0 bridgehead atoms. The van der Waals surface area contributed by atoms with Crippen LogP contribution >= 0.6 is 66.1 Å². The van der Waals surface area contributed by atoms with E-state index < -0.39 is 0 Å². The van der Waals surface area contributed by atoms with Crippen molar-refractivity contribution in [2.24, 2.45) is 0 Å². The van der Waals surface area contributed by atoms with Gasteiger partial charge in [0.25, 0.3) is 0 Å². The Kier molecular flexibility index (Phi) is 5.88. The van der Waals surface area contributed by atoms with E-state index in [0.29, 0.717) is 15.1 Å². The van der Waals surface area contributed by atoms with E-state index in [4.69, 9.17) is 11.6 Å². The molecular weight excluding hydrogens is 523 g/mol. The lowest BCUT2D eigenvalue weighted by molar-refractivity contribution is 0.574. The van der Waals surface area contributed by atoms with Gasteiger partial charge in [-0.1, -0.05) is 27.5 Å². The predicted octanol–water partition coefficient (Wildman–Crippen LogP) is 5.92. The van der Waals surface area contributed by atoms with Gasteiger partial charge in [-0.2, -0.15) is 0 Å². The van der Waals surface area contributed by atoms with E-state index in [0.717, 1.165) is 13.6 Å². The quantitative estimate of drug-likeness (QED) is 0.382. The smallest absolute Gasteiger partial charge is 0.129 e. The lowest BCUT2D eigenvalue weighted by atomic mass is 9.98. The van der Waals surface area contributed by atoms with Gasteiger partial charge >= 0.3 is 0 Å². The fraction of sp³-hybridized carbons (Fsp3) is 0.143. The SMILES string of the molecule is CNC(c1cc(Cl)c(Br)cc1F)c1cc(Br)ccc1I. The molecule has 0 amide bonds. The molecule has 6 heteroatoms. The van der Waals surface area contributed by atoms with Crippen LogP contribution in [-0.4, -0.2) is 7.05 Å². The molecule has 0 aliphatic carbocycles. The molecule has 0 radical (unpaired) electrons. The minimum atomic E-state index is -0.295. The van der Waals surface area contributed by atoms with Crippen molar-refractivity contribution in [2.45, 2.75) is 6.04 Å². The molecule has 0 spiro atoms. The van der Waals surface area contributed by atoms with Crippen LogP contribution in [0.25, 0.3) is 0 Å². The minimum Gasteiger partial charge on any atom is -0.309 e. The molecule has 0 fully saturated rings. The molecule has 1 unspecified atom stereocenters. The third kappa shape index (κ3) is 3.55. The third-order valence-corrected chi connectivity index (χ3v) is 5.58. The van der Waals surface area contributed by atoms with Crippen LogP contribution in [0, 0.1) is 9.39 Å². The molecule has 0 saturated heterocycles. The first-order chi connectivity index (χ1) is 9.43. The maximum atomic E-state index is 14.2. The van der Waals surface area contributed by atoms with Crippen LogP contribution in [0.1, 0.15) is 17.2 Å². The number of nitrogens with one attached hydrogen (secondary N) is 1. The molecule has 0 aromatic heterocycles. The van der Waals surface area contributed by atoms with Crippen molar-refractivity contribution >= 4 is 66.1 Å². The lowest BCUT2D eigenvalue weighted by Crippen LogP contribution is -2.20. The molecule has 1 N–H and O–H groups in total. The maximum Gasteiger partial charge on any atom is 0.129 e. The highest BCUT2D eigenvalue weighted by Crippen LogP contribution is 2.34. The van der Waals surface area contributed by atoms with Gasteiger partial charge in [0, 0.05) is 18.1 Å². The predicted molar refractivity (Wildman–Crippen MR) is 96.9 cm³/mol. The first-order valence-electron chi connectivity index (χ1n) is 5.70. The Bertz CT molecular complexity index is 651. The fourth-order valence-electron chi connectivity index (χ4n) is 1.97. The topological polar surface area (TPSA) is 12.0 Å². The summed E-state index contributed by atoms with van der Waals surface area (Å²) in [5.74, 6) is -0.295. The van der Waals surface area contributed by atoms with Crippen LogP contribution in [0.2, 0.25) is 5.02 Å². The van der Waals surface area contributed by atoms with E-state index in [9.17, 15) is 4.39 Å². The van der Waals surface area contributed by atoms with Crippen LogP contribution in [0.3, 0.4) is 0 Å². The molecule has 20 heavy (non-hydrogen) atoms. The summed E-state index contributed by atoms with van der Waals surface area (Å²) in [5.41, 5.74) is 1.52. The van der Waals surface area contributed by atoms with Crippen molar-refractivity contribution < 1.29 is 4.39 Å². The lowest BCUT2D eigenvalue weighted by Gasteiger charge is -2.20. The molecule has 0 heterocycles. The standard InChI is InChI=1S/C14H10Br2ClFIN/c1-20-14(9-4-7(15)2-3-13(9)19)8-5-11(17)10(16)6-12(8)18/h2-6,14,20H,1H3. The van der Waals surface area contributed by atoms with E-state index in [1.807, 2.05) is 18.2 Å². The number of hydrogen-bond donors (Lipinski definition) is 1. The van der Waals surface area contributed by atoms with Crippen LogP contribution in [0.4, 0.5) is 4.39 Å². The molecule has 1 nitrogen and oxygen atoms in total. The van der Waals surface area contributed by atoms with Crippen molar-refractivity contribution in [3.63, 3.8) is 0 Å². The third-order valence-electron chi connectivity index (χ3n) is 2.91. The molecule has 0 aliphatic heterocycles. The Morgan fingerprint density at radius 1 is 1.20 bits per heavy atom. The highest BCUT2D eigenvalue weighted by molar-refractivity contribution is 14.1. The average molecular weight is 533 g/mol. The summed E-state index contributed by atoms with van der Waals surface area (Å²) in [5, 5.41) is 3.64. The van der Waals surface area contributed by atoms with Crippen molar-refractivity contribution in [1.29, 1.82) is 0 Å². The summed E-state index contributed by atoms with van der Waals surface area (Å²) in [4.78, 5) is 0. The van der Waals surface area contributed by atoms with Crippen LogP contribution in [-0.2, 0) is 0 Å². The van der Waals surface area contributed by atoms with Crippen molar-refractivity contribution in [3.05, 3.63) is 64.8 Å². The van der Waals surface area contributed by atoms with E-state index in [1.165, 1.54) is 6.07 Å². The zero-order chi connectivity index (χ0) is 14.9. The number of halogens is 5. The Balaban J connectivity index is 2.58. The molecule has 106 valence electrons. The zero-order valence-electron chi connectivity index (χ0n) is 10.4. The summed E-state index contributed by atoms with van der Waals surface area (Å²) in [6.07, 6.45) is 0. The summed E-state index contributed by atoms with van der Waals surface area (Å²) in [7, 11) is 1.80. The van der Waals surface area contributed by atoms with Gasteiger partial charge in [0.1, 0.15) is 5.82 Å². The van der Waals surface area contributed by atoms with Gasteiger partial charge in [-0.25, -0.2) is 4.39 Å². The van der Waals surface area contributed by atoms with Crippen LogP contribution in [0.5, 0.6) is 0 Å². The average Bonchev–Trinajstić information content (AvgIpc) is 2.40. The number of rotatable bonds is 3. The van der Waals surface area contributed by atoms with Gasteiger partial charge in [0.05, 0.1) is 11.1 Å². The molecule has 2 rings (SSSR count). The van der Waals surface area contributed by atoms with Crippen molar-refractivity contribution in [2.75, 3.05) is 7.05 Å². The molecule has 1 atom stereocenters. The van der Waals surface area contributed by atoms with Gasteiger partial charge in [0.2, 0.25) is 0 Å². The molecule has 2 aromatic carbocycles. The largest absolute Gasteiger partial charge is 0.309 e. The van der Waals surface area contributed by atoms with Gasteiger partial charge in [0.15, 0.2) is 0 Å². The van der Waals surface area contributed by atoms with Gasteiger partial charge in [-0.15, -0.1) is 0 Å². The highest BCUT2D eigenvalue weighted by Gasteiger charge is 2.20. The van der Waals surface area contributed by atoms with Gasteiger partial charge in [-0.3, -0.25) is 0 Å². The molecular formula is C14H10Br2ClFIN. The van der Waals surface area contributed by atoms with E-state index >= 15 is 0 Å². The molecule has 0 aliphatic rings. The summed E-state index contributed by atoms with van der Waals surface area (Å²) >= 11 is 15.0. The fourth-order valence-corrected chi connectivity index (χ4v) is 3.49. The van der Waals surface area contributed by atoms with Crippen molar-refractivity contribution in [1.82, 2.24) is 5.32 Å². The Morgan fingerprint density at radius 2 is 1.90 bits per heavy atom. The summed E-state index contributed by atoms with van der Waals surface area (Å²) < 4.78 is 16.8. The van der Waals surface area contributed by atoms with E-state index in [2.05, 4.69) is 59.8 Å². The summed E-state index contributed by atoms with van der Waals surface area (Å²) in [6, 6.07) is 8.72. The second-order valence-corrected chi connectivity index (χ2v) is 7.51. The zero-order valence-corrected chi connectivity index (χ0v) is 16.4. The van der Waals surface area contributed by atoms with Crippen molar-refractivity contribution in [3.8, 4) is 0 Å². The number of benzene rings is 2.